The molecule has 0 saturated carbocycles. The van der Waals surface area contributed by atoms with Crippen molar-refractivity contribution in [1.82, 2.24) is 19.5 Å². The van der Waals surface area contributed by atoms with Crippen LogP contribution in [0.1, 0.15) is 18.9 Å². The van der Waals surface area contributed by atoms with Crippen LogP contribution in [0, 0.1) is 0 Å². The van der Waals surface area contributed by atoms with Crippen LogP contribution in [0.5, 0.6) is 0 Å². The number of hydrogen-bond acceptors (Lipinski definition) is 5. The van der Waals surface area contributed by atoms with Crippen molar-refractivity contribution in [3.05, 3.63) is 45.3 Å². The summed E-state index contributed by atoms with van der Waals surface area (Å²) < 4.78 is 13.6. The Bertz CT molecular complexity index is 964. The molecule has 0 bridgehead atoms. The minimum Gasteiger partial charge on any atom is -0.382 e. The minimum absolute atomic E-state index is 0.117. The lowest BCUT2D eigenvalue weighted by Gasteiger charge is -2.05. The standard InChI is InChI=1S/C15H16ClN5O2S/c1-2-7-24(23)14-19-12(17)11-13(20-14)21(15(22)18-11)8-9-3-5-10(16)6-4-9/h3-6H,2,7-8H2,1H3,(H,18,22)(H2,17,19,20). The largest absolute Gasteiger partial charge is 0.382 e. The average Bonchev–Trinajstić information content (AvgIpc) is 2.87. The topological polar surface area (TPSA) is 107 Å². The van der Waals surface area contributed by atoms with E-state index in [4.69, 9.17) is 17.3 Å². The summed E-state index contributed by atoms with van der Waals surface area (Å²) in [4.78, 5) is 23.3. The Hall–Kier alpha value is -2.19. The number of aromatic amines is 1. The average molecular weight is 366 g/mol. The van der Waals surface area contributed by atoms with E-state index in [0.29, 0.717) is 28.5 Å². The number of anilines is 1. The number of nitrogens with two attached hydrogens (primary N) is 1. The van der Waals surface area contributed by atoms with Gasteiger partial charge in [0.05, 0.1) is 17.3 Å². The van der Waals surface area contributed by atoms with Crippen LogP contribution in [0.3, 0.4) is 0 Å². The lowest BCUT2D eigenvalue weighted by Crippen LogP contribution is -2.18. The van der Waals surface area contributed by atoms with E-state index in [0.717, 1.165) is 12.0 Å². The molecule has 1 unspecified atom stereocenters. The first kappa shape index (κ1) is 16.7. The highest BCUT2D eigenvalue weighted by Crippen LogP contribution is 2.18. The van der Waals surface area contributed by atoms with E-state index in [1.807, 2.05) is 19.1 Å². The van der Waals surface area contributed by atoms with Gasteiger partial charge in [0.1, 0.15) is 5.52 Å². The summed E-state index contributed by atoms with van der Waals surface area (Å²) in [6.45, 7) is 2.22. The summed E-state index contributed by atoms with van der Waals surface area (Å²) >= 11 is 5.88. The molecular weight excluding hydrogens is 350 g/mol. The molecule has 7 nitrogen and oxygen atoms in total. The van der Waals surface area contributed by atoms with Crippen LogP contribution >= 0.6 is 11.6 Å². The zero-order valence-corrected chi connectivity index (χ0v) is 14.5. The monoisotopic (exact) mass is 365 g/mol. The number of imidazole rings is 1. The van der Waals surface area contributed by atoms with E-state index in [2.05, 4.69) is 15.0 Å². The van der Waals surface area contributed by atoms with E-state index in [1.54, 1.807) is 12.1 Å². The van der Waals surface area contributed by atoms with Crippen molar-refractivity contribution in [1.29, 1.82) is 0 Å². The van der Waals surface area contributed by atoms with Crippen molar-refractivity contribution < 1.29 is 4.21 Å². The number of fused-ring (bicyclic) bond motifs is 1. The van der Waals surface area contributed by atoms with Crippen molar-refractivity contribution >= 4 is 39.4 Å². The zero-order chi connectivity index (χ0) is 17.3. The summed E-state index contributed by atoms with van der Waals surface area (Å²) in [6.07, 6.45) is 0.735. The molecule has 0 spiro atoms. The molecule has 0 aliphatic carbocycles. The maximum atomic E-state index is 12.3. The number of nitrogens with one attached hydrogen (secondary N) is 1. The second-order valence-electron chi connectivity index (χ2n) is 5.28. The molecule has 2 aromatic heterocycles. The number of hydrogen-bond donors (Lipinski definition) is 2. The van der Waals surface area contributed by atoms with E-state index in [9.17, 15) is 9.00 Å². The number of nitrogens with zero attached hydrogens (tertiary/aromatic N) is 3. The van der Waals surface area contributed by atoms with E-state index in [-0.39, 0.29) is 16.7 Å². The molecule has 3 rings (SSSR count). The number of H-pyrrole nitrogens is 1. The molecule has 3 N–H and O–H groups in total. The first-order valence-corrected chi connectivity index (χ1v) is 9.08. The van der Waals surface area contributed by atoms with Gasteiger partial charge in [-0.25, -0.2) is 14.8 Å². The molecule has 0 aliphatic rings. The Morgan fingerprint density at radius 1 is 1.29 bits per heavy atom. The van der Waals surface area contributed by atoms with Crippen molar-refractivity contribution in [3.8, 4) is 0 Å². The molecule has 0 aliphatic heterocycles. The van der Waals surface area contributed by atoms with Gasteiger partial charge in [0.25, 0.3) is 0 Å². The van der Waals surface area contributed by atoms with Crippen LogP contribution in [0.15, 0.2) is 34.2 Å². The Kier molecular flexibility index (Phi) is 4.68. The smallest absolute Gasteiger partial charge is 0.328 e. The van der Waals surface area contributed by atoms with Gasteiger partial charge >= 0.3 is 5.69 Å². The molecule has 3 aromatic rings. The fraction of sp³-hybridized carbons (Fsp3) is 0.267. The highest BCUT2D eigenvalue weighted by molar-refractivity contribution is 7.84. The number of rotatable bonds is 5. The van der Waals surface area contributed by atoms with Crippen LogP contribution in [-0.4, -0.2) is 29.5 Å². The van der Waals surface area contributed by atoms with E-state index < -0.39 is 10.8 Å². The number of benzene rings is 1. The molecule has 0 fully saturated rings. The number of halogens is 1. The quantitative estimate of drug-likeness (QED) is 0.672. The van der Waals surface area contributed by atoms with Crippen LogP contribution in [-0.2, 0) is 17.3 Å². The first-order valence-electron chi connectivity index (χ1n) is 7.38. The molecule has 0 saturated heterocycles. The lowest BCUT2D eigenvalue weighted by molar-refractivity contribution is 0.674. The molecule has 0 amide bonds. The molecule has 24 heavy (non-hydrogen) atoms. The van der Waals surface area contributed by atoms with Crippen molar-refractivity contribution in [3.63, 3.8) is 0 Å². The Balaban J connectivity index is 2.09. The fourth-order valence-electron chi connectivity index (χ4n) is 2.33. The Labute approximate surface area is 145 Å². The van der Waals surface area contributed by atoms with Gasteiger partial charge in [0, 0.05) is 10.8 Å². The predicted molar refractivity (Wildman–Crippen MR) is 94.7 cm³/mol. The third-order valence-corrected chi connectivity index (χ3v) is 5.10. The van der Waals surface area contributed by atoms with Gasteiger partial charge in [-0.1, -0.05) is 30.7 Å². The summed E-state index contributed by atoms with van der Waals surface area (Å²) in [5.74, 6) is 0.558. The van der Waals surface area contributed by atoms with Gasteiger partial charge in [-0.2, -0.15) is 0 Å². The minimum atomic E-state index is -1.35. The van der Waals surface area contributed by atoms with Crippen LogP contribution in [0.2, 0.25) is 5.02 Å². The Morgan fingerprint density at radius 2 is 2.00 bits per heavy atom. The van der Waals surface area contributed by atoms with Gasteiger partial charge in [-0.15, -0.1) is 0 Å². The zero-order valence-electron chi connectivity index (χ0n) is 13.0. The first-order chi connectivity index (χ1) is 11.5. The maximum absolute atomic E-state index is 12.3. The van der Waals surface area contributed by atoms with E-state index in [1.165, 1.54) is 4.57 Å². The second kappa shape index (κ2) is 6.74. The summed E-state index contributed by atoms with van der Waals surface area (Å²) in [5.41, 5.74) is 7.14. The van der Waals surface area contributed by atoms with Gasteiger partial charge in [0.2, 0.25) is 5.16 Å². The highest BCUT2D eigenvalue weighted by atomic mass is 35.5. The molecule has 1 atom stereocenters. The summed E-state index contributed by atoms with van der Waals surface area (Å²) in [7, 11) is -1.35. The molecular formula is C15H16ClN5O2S. The third kappa shape index (κ3) is 3.20. The normalized spacial score (nSPS) is 12.6. The number of nitrogen functional groups attached to an aromatic ring is 1. The van der Waals surface area contributed by atoms with E-state index >= 15 is 0 Å². The molecule has 126 valence electrons. The molecule has 2 heterocycles. The van der Waals surface area contributed by atoms with Crippen LogP contribution in [0.25, 0.3) is 11.2 Å². The third-order valence-electron chi connectivity index (χ3n) is 3.48. The maximum Gasteiger partial charge on any atom is 0.328 e. The van der Waals surface area contributed by atoms with Gasteiger partial charge < -0.3 is 10.7 Å². The van der Waals surface area contributed by atoms with Crippen molar-refractivity contribution in [2.24, 2.45) is 0 Å². The fourth-order valence-corrected chi connectivity index (χ4v) is 3.40. The van der Waals surface area contributed by atoms with Crippen LogP contribution < -0.4 is 11.4 Å². The van der Waals surface area contributed by atoms with Crippen molar-refractivity contribution in [2.75, 3.05) is 11.5 Å². The van der Waals surface area contributed by atoms with Crippen molar-refractivity contribution in [2.45, 2.75) is 25.0 Å². The molecule has 0 radical (unpaired) electrons. The number of aromatic nitrogens is 4. The molecule has 9 heteroatoms. The SMILES string of the molecule is CCCS(=O)c1nc(N)c2[nH]c(=O)n(Cc3ccc(Cl)cc3)c2n1. The predicted octanol–water partition coefficient (Wildman–Crippen LogP) is 1.92. The summed E-state index contributed by atoms with van der Waals surface area (Å²) in [5, 5.41) is 0.763. The molecule has 1 aromatic carbocycles. The van der Waals surface area contributed by atoms with Gasteiger partial charge in [0.15, 0.2) is 11.5 Å². The highest BCUT2D eigenvalue weighted by Gasteiger charge is 2.16. The van der Waals surface area contributed by atoms with Gasteiger partial charge in [-0.3, -0.25) is 8.78 Å². The second-order valence-corrected chi connectivity index (χ2v) is 7.18. The van der Waals surface area contributed by atoms with Crippen LogP contribution in [0.4, 0.5) is 5.82 Å². The van der Waals surface area contributed by atoms with Gasteiger partial charge in [-0.05, 0) is 24.1 Å². The lowest BCUT2D eigenvalue weighted by atomic mass is 10.2. The summed E-state index contributed by atoms with van der Waals surface area (Å²) in [6, 6.07) is 7.16. The Morgan fingerprint density at radius 3 is 2.67 bits per heavy atom.